The molecule has 1 heteroatoms. The van der Waals surface area contributed by atoms with Gasteiger partial charge in [-0.3, -0.25) is 0 Å². The van der Waals surface area contributed by atoms with Gasteiger partial charge in [-0.25, -0.2) is 0 Å². The SMILES string of the molecule is SCCCCCCCCCCCCCc1ccccc1. The summed E-state index contributed by atoms with van der Waals surface area (Å²) in [5.41, 5.74) is 1.49. The molecule has 0 fully saturated rings. The molecule has 0 saturated carbocycles. The highest BCUT2D eigenvalue weighted by molar-refractivity contribution is 7.80. The molecule has 1 rings (SSSR count). The van der Waals surface area contributed by atoms with Gasteiger partial charge in [0.25, 0.3) is 0 Å². The summed E-state index contributed by atoms with van der Waals surface area (Å²) in [7, 11) is 0. The first-order valence-electron chi connectivity index (χ1n) is 8.58. The van der Waals surface area contributed by atoms with Crippen LogP contribution in [0.1, 0.15) is 76.2 Å². The summed E-state index contributed by atoms with van der Waals surface area (Å²) in [6.07, 6.45) is 16.7. The zero-order valence-electron chi connectivity index (χ0n) is 13.0. The summed E-state index contributed by atoms with van der Waals surface area (Å²) in [4.78, 5) is 0. The van der Waals surface area contributed by atoms with Crippen molar-refractivity contribution >= 4 is 12.6 Å². The summed E-state index contributed by atoms with van der Waals surface area (Å²) in [5.74, 6) is 1.06. The Kier molecular flexibility index (Phi) is 11.9. The minimum absolute atomic E-state index is 1.06. The van der Waals surface area contributed by atoms with Crippen molar-refractivity contribution in [3.8, 4) is 0 Å². The molecule has 0 spiro atoms. The van der Waals surface area contributed by atoms with Crippen molar-refractivity contribution in [3.05, 3.63) is 35.9 Å². The van der Waals surface area contributed by atoms with Gasteiger partial charge in [0, 0.05) is 0 Å². The quantitative estimate of drug-likeness (QED) is 0.313. The number of unbranched alkanes of at least 4 members (excludes halogenated alkanes) is 10. The summed E-state index contributed by atoms with van der Waals surface area (Å²) in [6, 6.07) is 10.9. The van der Waals surface area contributed by atoms with E-state index in [1.165, 1.54) is 82.6 Å². The Morgan fingerprint density at radius 3 is 1.50 bits per heavy atom. The first-order valence-corrected chi connectivity index (χ1v) is 9.21. The van der Waals surface area contributed by atoms with Crippen LogP contribution in [0.15, 0.2) is 30.3 Å². The fourth-order valence-corrected chi connectivity index (χ4v) is 2.90. The molecule has 1 aromatic rings. The highest BCUT2D eigenvalue weighted by Gasteiger charge is 1.94. The molecule has 1 aromatic carbocycles. The highest BCUT2D eigenvalue weighted by atomic mass is 32.1. The number of aryl methyl sites for hydroxylation is 1. The van der Waals surface area contributed by atoms with Crippen LogP contribution >= 0.6 is 12.6 Å². The number of thiol groups is 1. The highest BCUT2D eigenvalue weighted by Crippen LogP contribution is 2.12. The second-order valence-electron chi connectivity index (χ2n) is 5.85. The normalized spacial score (nSPS) is 10.8. The van der Waals surface area contributed by atoms with Gasteiger partial charge < -0.3 is 0 Å². The van der Waals surface area contributed by atoms with E-state index in [0.717, 1.165) is 5.75 Å². The van der Waals surface area contributed by atoms with Gasteiger partial charge in [0.05, 0.1) is 0 Å². The standard InChI is InChI=1S/C19H32S/c20-18-14-9-7-5-3-1-2-4-6-8-11-15-19-16-12-10-13-17-19/h10,12-13,16-17,20H,1-9,11,14-15,18H2. The molecule has 0 amide bonds. The van der Waals surface area contributed by atoms with Crippen LogP contribution < -0.4 is 0 Å². The molecule has 114 valence electrons. The predicted molar refractivity (Wildman–Crippen MR) is 94.8 cm³/mol. The van der Waals surface area contributed by atoms with Gasteiger partial charge in [0.2, 0.25) is 0 Å². The van der Waals surface area contributed by atoms with Crippen molar-refractivity contribution in [2.45, 2.75) is 77.0 Å². The smallest absolute Gasteiger partial charge is 0.00979 e. The van der Waals surface area contributed by atoms with E-state index in [4.69, 9.17) is 0 Å². The summed E-state index contributed by atoms with van der Waals surface area (Å²) < 4.78 is 0. The van der Waals surface area contributed by atoms with Crippen LogP contribution in [-0.2, 0) is 6.42 Å². The van der Waals surface area contributed by atoms with Crippen molar-refractivity contribution in [1.82, 2.24) is 0 Å². The molecule has 0 aromatic heterocycles. The first-order chi connectivity index (χ1) is 9.93. The van der Waals surface area contributed by atoms with E-state index in [1.54, 1.807) is 0 Å². The topological polar surface area (TPSA) is 0 Å². The monoisotopic (exact) mass is 292 g/mol. The Labute approximate surface area is 131 Å². The van der Waals surface area contributed by atoms with Crippen molar-refractivity contribution in [2.24, 2.45) is 0 Å². The van der Waals surface area contributed by atoms with Crippen molar-refractivity contribution in [1.29, 1.82) is 0 Å². The number of hydrogen-bond donors (Lipinski definition) is 1. The molecule has 0 radical (unpaired) electrons. The van der Waals surface area contributed by atoms with Crippen LogP contribution in [0.25, 0.3) is 0 Å². The van der Waals surface area contributed by atoms with Crippen LogP contribution in [0.5, 0.6) is 0 Å². The Bertz CT molecular complexity index is 294. The van der Waals surface area contributed by atoms with E-state index in [0.29, 0.717) is 0 Å². The maximum atomic E-state index is 4.24. The Hall–Kier alpha value is -0.430. The first kappa shape index (κ1) is 17.6. The fraction of sp³-hybridized carbons (Fsp3) is 0.684. The molecule has 0 atom stereocenters. The molecule has 0 aliphatic carbocycles. The van der Waals surface area contributed by atoms with Crippen LogP contribution in [0.3, 0.4) is 0 Å². The molecule has 0 aliphatic rings. The van der Waals surface area contributed by atoms with Gasteiger partial charge in [-0.2, -0.15) is 12.6 Å². The third-order valence-corrected chi connectivity index (χ3v) is 4.28. The molecular formula is C19H32S. The zero-order valence-corrected chi connectivity index (χ0v) is 13.9. The van der Waals surface area contributed by atoms with Crippen LogP contribution in [-0.4, -0.2) is 5.75 Å². The van der Waals surface area contributed by atoms with Gasteiger partial charge in [-0.1, -0.05) is 88.1 Å². The van der Waals surface area contributed by atoms with Gasteiger partial charge in [-0.15, -0.1) is 0 Å². The van der Waals surface area contributed by atoms with Crippen molar-refractivity contribution < 1.29 is 0 Å². The number of benzene rings is 1. The van der Waals surface area contributed by atoms with Crippen LogP contribution in [0.4, 0.5) is 0 Å². The third kappa shape index (κ3) is 10.4. The molecule has 0 nitrogen and oxygen atoms in total. The average molecular weight is 293 g/mol. The van der Waals surface area contributed by atoms with E-state index < -0.39 is 0 Å². The molecule has 0 unspecified atom stereocenters. The van der Waals surface area contributed by atoms with E-state index >= 15 is 0 Å². The molecule has 0 bridgehead atoms. The van der Waals surface area contributed by atoms with Crippen molar-refractivity contribution in [2.75, 3.05) is 5.75 Å². The summed E-state index contributed by atoms with van der Waals surface area (Å²) >= 11 is 4.24. The van der Waals surface area contributed by atoms with Crippen LogP contribution in [0.2, 0.25) is 0 Å². The lowest BCUT2D eigenvalue weighted by Crippen LogP contribution is -1.86. The van der Waals surface area contributed by atoms with Crippen molar-refractivity contribution in [3.63, 3.8) is 0 Å². The minimum atomic E-state index is 1.06. The second-order valence-corrected chi connectivity index (χ2v) is 6.30. The van der Waals surface area contributed by atoms with Gasteiger partial charge in [0.15, 0.2) is 0 Å². The zero-order chi connectivity index (χ0) is 14.3. The van der Waals surface area contributed by atoms with E-state index in [1.807, 2.05) is 0 Å². The lowest BCUT2D eigenvalue weighted by atomic mass is 10.0. The maximum absolute atomic E-state index is 4.24. The van der Waals surface area contributed by atoms with E-state index in [-0.39, 0.29) is 0 Å². The van der Waals surface area contributed by atoms with Gasteiger partial charge in [0.1, 0.15) is 0 Å². The molecule has 0 heterocycles. The van der Waals surface area contributed by atoms with E-state index in [9.17, 15) is 0 Å². The molecule has 20 heavy (non-hydrogen) atoms. The molecule has 0 saturated heterocycles. The van der Waals surface area contributed by atoms with Gasteiger partial charge in [-0.05, 0) is 30.6 Å². The fourth-order valence-electron chi connectivity index (χ4n) is 2.68. The minimum Gasteiger partial charge on any atom is -0.179 e. The second kappa shape index (κ2) is 13.5. The Balaban J connectivity index is 1.77. The Morgan fingerprint density at radius 1 is 0.550 bits per heavy atom. The largest absolute Gasteiger partial charge is 0.179 e. The molecule has 0 N–H and O–H groups in total. The van der Waals surface area contributed by atoms with Gasteiger partial charge >= 0.3 is 0 Å². The maximum Gasteiger partial charge on any atom is -0.00979 e. The summed E-state index contributed by atoms with van der Waals surface area (Å²) in [5, 5.41) is 0. The average Bonchev–Trinajstić information content (AvgIpc) is 2.49. The third-order valence-electron chi connectivity index (χ3n) is 3.97. The predicted octanol–water partition coefficient (Wildman–Crippen LogP) is 6.45. The Morgan fingerprint density at radius 2 is 1.00 bits per heavy atom. The summed E-state index contributed by atoms with van der Waals surface area (Å²) in [6.45, 7) is 0. The van der Waals surface area contributed by atoms with Crippen LogP contribution in [0, 0.1) is 0 Å². The lowest BCUT2D eigenvalue weighted by molar-refractivity contribution is 0.550. The van der Waals surface area contributed by atoms with E-state index in [2.05, 4.69) is 43.0 Å². The molecule has 0 aliphatic heterocycles. The molecular weight excluding hydrogens is 260 g/mol. The number of rotatable bonds is 13. The lowest BCUT2D eigenvalue weighted by Gasteiger charge is -2.03. The number of hydrogen-bond acceptors (Lipinski definition) is 1.